The number of para-hydroxylation sites is 1. The highest BCUT2D eigenvalue weighted by atomic mass is 32.2. The minimum atomic E-state index is -0.313. The van der Waals surface area contributed by atoms with Gasteiger partial charge in [0, 0.05) is 16.2 Å². The average Bonchev–Trinajstić information content (AvgIpc) is 2.74. The Morgan fingerprint density at radius 2 is 1.68 bits per heavy atom. The molecule has 0 unspecified atom stereocenters. The van der Waals surface area contributed by atoms with Crippen molar-refractivity contribution in [3.05, 3.63) is 54.6 Å². The van der Waals surface area contributed by atoms with Crippen LogP contribution in [0.25, 0.3) is 0 Å². The highest BCUT2D eigenvalue weighted by Crippen LogP contribution is 2.33. The molecular weight excluding hydrogens is 370 g/mol. The zero-order valence-corrected chi connectivity index (χ0v) is 16.9. The number of carbonyl (C=O) groups excluding carboxylic acids is 2. The Bertz CT molecular complexity index is 772. The molecule has 0 radical (unpaired) electrons. The van der Waals surface area contributed by atoms with Gasteiger partial charge in [-0.05, 0) is 36.6 Å². The molecule has 0 saturated heterocycles. The van der Waals surface area contributed by atoms with Crippen molar-refractivity contribution in [3.8, 4) is 0 Å². The Labute approximate surface area is 171 Å². The van der Waals surface area contributed by atoms with Crippen molar-refractivity contribution in [3.63, 3.8) is 0 Å². The first kappa shape index (κ1) is 20.5. The lowest BCUT2D eigenvalue weighted by atomic mass is 9.86. The van der Waals surface area contributed by atoms with Crippen LogP contribution in [-0.4, -0.2) is 18.5 Å². The second-order valence-corrected chi connectivity index (χ2v) is 8.28. The van der Waals surface area contributed by atoms with E-state index >= 15 is 0 Å². The lowest BCUT2D eigenvalue weighted by molar-refractivity contribution is -0.147. The van der Waals surface area contributed by atoms with Gasteiger partial charge in [-0.15, -0.1) is 0 Å². The van der Waals surface area contributed by atoms with Gasteiger partial charge in [0.2, 0.25) is 0 Å². The standard InChI is InChI=1S/C23H27NO3S/c25-22(17-27-23(26)16-15-18-9-3-1-4-10-18)24-20-13-7-8-14-21(20)28-19-11-5-2-6-12-19/h2,5-8,11-14,18H,1,3-4,9-10,15-17H2,(H,24,25). The number of nitrogens with one attached hydrogen (secondary N) is 1. The molecule has 0 bridgehead atoms. The van der Waals surface area contributed by atoms with Gasteiger partial charge in [-0.2, -0.15) is 0 Å². The largest absolute Gasteiger partial charge is 0.456 e. The molecule has 4 nitrogen and oxygen atoms in total. The van der Waals surface area contributed by atoms with Crippen molar-refractivity contribution < 1.29 is 14.3 Å². The average molecular weight is 398 g/mol. The fourth-order valence-electron chi connectivity index (χ4n) is 3.48. The topological polar surface area (TPSA) is 55.4 Å². The molecule has 1 aliphatic rings. The summed E-state index contributed by atoms with van der Waals surface area (Å²) in [6.07, 6.45) is 7.54. The van der Waals surface area contributed by atoms with Gasteiger partial charge >= 0.3 is 5.97 Å². The van der Waals surface area contributed by atoms with Crippen molar-refractivity contribution in [1.82, 2.24) is 0 Å². The number of benzene rings is 2. The summed E-state index contributed by atoms with van der Waals surface area (Å²) in [6, 6.07) is 17.6. The van der Waals surface area contributed by atoms with E-state index in [2.05, 4.69) is 5.32 Å². The quantitative estimate of drug-likeness (QED) is 0.582. The summed E-state index contributed by atoms with van der Waals surface area (Å²) in [5, 5.41) is 2.85. The summed E-state index contributed by atoms with van der Waals surface area (Å²) >= 11 is 1.58. The van der Waals surface area contributed by atoms with E-state index in [0.29, 0.717) is 12.3 Å². The molecule has 0 atom stereocenters. The second-order valence-electron chi connectivity index (χ2n) is 7.16. The van der Waals surface area contributed by atoms with Crippen LogP contribution in [0.15, 0.2) is 64.4 Å². The number of ether oxygens (including phenoxy) is 1. The van der Waals surface area contributed by atoms with Gasteiger partial charge in [-0.1, -0.05) is 74.2 Å². The summed E-state index contributed by atoms with van der Waals surface area (Å²) in [5.41, 5.74) is 0.722. The number of hydrogen-bond acceptors (Lipinski definition) is 4. The first-order valence-electron chi connectivity index (χ1n) is 9.98. The van der Waals surface area contributed by atoms with Crippen LogP contribution in [0, 0.1) is 5.92 Å². The first-order chi connectivity index (χ1) is 13.7. The fraction of sp³-hybridized carbons (Fsp3) is 0.391. The van der Waals surface area contributed by atoms with Gasteiger partial charge in [-0.25, -0.2) is 0 Å². The summed E-state index contributed by atoms with van der Waals surface area (Å²) in [5.74, 6) is 0.0387. The Morgan fingerprint density at radius 3 is 2.46 bits per heavy atom. The minimum absolute atomic E-state index is 0.242. The van der Waals surface area contributed by atoms with Crippen LogP contribution >= 0.6 is 11.8 Å². The van der Waals surface area contributed by atoms with Gasteiger partial charge in [0.05, 0.1) is 5.69 Å². The SMILES string of the molecule is O=C(COC(=O)CCC1CCCCC1)Nc1ccccc1Sc1ccccc1. The molecule has 2 aromatic carbocycles. The number of rotatable bonds is 8. The molecule has 0 aromatic heterocycles. The number of amides is 1. The Hall–Kier alpha value is -2.27. The van der Waals surface area contributed by atoms with E-state index in [-0.39, 0.29) is 18.5 Å². The molecule has 0 spiro atoms. The van der Waals surface area contributed by atoms with Crippen molar-refractivity contribution in [2.75, 3.05) is 11.9 Å². The zero-order valence-electron chi connectivity index (χ0n) is 16.1. The van der Waals surface area contributed by atoms with Crippen LogP contribution in [-0.2, 0) is 14.3 Å². The highest BCUT2D eigenvalue weighted by molar-refractivity contribution is 7.99. The second kappa shape index (κ2) is 10.9. The maximum Gasteiger partial charge on any atom is 0.306 e. The predicted octanol–water partition coefficient (Wildman–Crippen LogP) is 5.68. The van der Waals surface area contributed by atoms with Crippen molar-refractivity contribution in [1.29, 1.82) is 0 Å². The van der Waals surface area contributed by atoms with Gasteiger partial charge in [-0.3, -0.25) is 9.59 Å². The smallest absolute Gasteiger partial charge is 0.306 e. The number of carbonyl (C=O) groups is 2. The molecule has 0 heterocycles. The summed E-state index contributed by atoms with van der Waals surface area (Å²) in [4.78, 5) is 26.2. The molecule has 1 N–H and O–H groups in total. The van der Waals surface area contributed by atoms with Crippen LogP contribution < -0.4 is 5.32 Å². The monoisotopic (exact) mass is 397 g/mol. The molecule has 2 aromatic rings. The molecule has 148 valence electrons. The molecule has 3 rings (SSSR count). The normalized spacial score (nSPS) is 14.4. The zero-order chi connectivity index (χ0) is 19.6. The van der Waals surface area contributed by atoms with E-state index in [1.165, 1.54) is 32.1 Å². The first-order valence-corrected chi connectivity index (χ1v) is 10.8. The van der Waals surface area contributed by atoms with Crippen molar-refractivity contribution in [2.45, 2.75) is 54.7 Å². The van der Waals surface area contributed by atoms with E-state index in [1.54, 1.807) is 11.8 Å². The summed E-state index contributed by atoms with van der Waals surface area (Å²) < 4.78 is 5.17. The lowest BCUT2D eigenvalue weighted by Crippen LogP contribution is -2.21. The Balaban J connectivity index is 1.45. The van der Waals surface area contributed by atoms with E-state index in [0.717, 1.165) is 21.9 Å². The predicted molar refractivity (Wildman–Crippen MR) is 112 cm³/mol. The molecule has 28 heavy (non-hydrogen) atoms. The third kappa shape index (κ3) is 6.71. The number of esters is 1. The minimum Gasteiger partial charge on any atom is -0.456 e. The van der Waals surface area contributed by atoms with E-state index in [4.69, 9.17) is 4.74 Å². The van der Waals surface area contributed by atoms with E-state index in [1.807, 2.05) is 54.6 Å². The van der Waals surface area contributed by atoms with Crippen LogP contribution in [0.3, 0.4) is 0 Å². The molecule has 5 heteroatoms. The molecule has 1 aliphatic carbocycles. The number of hydrogen-bond donors (Lipinski definition) is 1. The van der Waals surface area contributed by atoms with Gasteiger partial charge in [0.1, 0.15) is 0 Å². The van der Waals surface area contributed by atoms with Crippen molar-refractivity contribution >= 4 is 29.3 Å². The maximum absolute atomic E-state index is 12.2. The lowest BCUT2D eigenvalue weighted by Gasteiger charge is -2.20. The van der Waals surface area contributed by atoms with Crippen LogP contribution in [0.1, 0.15) is 44.9 Å². The van der Waals surface area contributed by atoms with E-state index < -0.39 is 0 Å². The van der Waals surface area contributed by atoms with Crippen LogP contribution in [0.4, 0.5) is 5.69 Å². The van der Waals surface area contributed by atoms with Gasteiger partial charge in [0.15, 0.2) is 6.61 Å². The van der Waals surface area contributed by atoms with Gasteiger partial charge in [0.25, 0.3) is 5.91 Å². The Morgan fingerprint density at radius 1 is 0.964 bits per heavy atom. The maximum atomic E-state index is 12.2. The molecular formula is C23H27NO3S. The fourth-order valence-corrected chi connectivity index (χ4v) is 4.40. The summed E-state index contributed by atoms with van der Waals surface area (Å²) in [6.45, 7) is -0.242. The van der Waals surface area contributed by atoms with Gasteiger partial charge < -0.3 is 10.1 Å². The summed E-state index contributed by atoms with van der Waals surface area (Å²) in [7, 11) is 0. The molecule has 0 aliphatic heterocycles. The third-order valence-electron chi connectivity index (χ3n) is 4.98. The van der Waals surface area contributed by atoms with Crippen LogP contribution in [0.5, 0.6) is 0 Å². The third-order valence-corrected chi connectivity index (χ3v) is 6.06. The number of anilines is 1. The van der Waals surface area contributed by atoms with Crippen molar-refractivity contribution in [2.24, 2.45) is 5.92 Å². The van der Waals surface area contributed by atoms with Crippen LogP contribution in [0.2, 0.25) is 0 Å². The van der Waals surface area contributed by atoms with E-state index in [9.17, 15) is 9.59 Å². The molecule has 1 saturated carbocycles. The molecule has 1 amide bonds. The molecule has 1 fully saturated rings. The highest BCUT2D eigenvalue weighted by Gasteiger charge is 2.16. The Kier molecular flexibility index (Phi) is 7.97.